The van der Waals surface area contributed by atoms with Crippen molar-refractivity contribution in [3.63, 3.8) is 0 Å². The van der Waals surface area contributed by atoms with Crippen molar-refractivity contribution in [2.45, 2.75) is 74.3 Å². The van der Waals surface area contributed by atoms with Crippen molar-refractivity contribution in [1.29, 1.82) is 0 Å². The first kappa shape index (κ1) is 25.2. The Morgan fingerprint density at radius 1 is 1.09 bits per heavy atom. The standard InChI is InChI=1S/C23H27F3N4O4S/c1-22(2,34-20-10-3-14(13-28-20)23(24,25)26)21(31)29-15-11-17-4-5-18(12-15)30(17)16-6-8-19(9-7-16)35(27,32)33/h3,6-10,13,15,17-18H,4-5,11-12H2,1-2H3,(H,29,31)(H2,27,32,33)/t15?,17-,18+. The van der Waals surface area contributed by atoms with Crippen molar-refractivity contribution < 1.29 is 31.1 Å². The van der Waals surface area contributed by atoms with Crippen molar-refractivity contribution >= 4 is 21.6 Å². The van der Waals surface area contributed by atoms with Gasteiger partial charge in [0.25, 0.3) is 5.91 Å². The number of amides is 1. The van der Waals surface area contributed by atoms with E-state index < -0.39 is 27.4 Å². The zero-order valence-corrected chi connectivity index (χ0v) is 20.1. The second-order valence-electron chi connectivity index (χ2n) is 9.47. The Balaban J connectivity index is 1.38. The van der Waals surface area contributed by atoms with Crippen LogP contribution in [0.4, 0.5) is 18.9 Å². The van der Waals surface area contributed by atoms with Gasteiger partial charge in [0.1, 0.15) is 0 Å². The number of nitrogens with zero attached hydrogens (tertiary/aromatic N) is 2. The number of anilines is 1. The number of hydrogen-bond donors (Lipinski definition) is 2. The third-order valence-corrected chi connectivity index (χ3v) is 7.43. The molecule has 3 N–H and O–H groups in total. The van der Waals surface area contributed by atoms with Crippen molar-refractivity contribution in [3.05, 3.63) is 48.2 Å². The fourth-order valence-electron chi connectivity index (χ4n) is 4.80. The van der Waals surface area contributed by atoms with Crippen LogP contribution in [-0.4, -0.2) is 43.0 Å². The predicted octanol–water partition coefficient (Wildman–Crippen LogP) is 3.22. The molecule has 0 radical (unpaired) electrons. The topological polar surface area (TPSA) is 115 Å². The van der Waals surface area contributed by atoms with E-state index in [2.05, 4.69) is 15.2 Å². The molecule has 1 amide bonds. The van der Waals surface area contributed by atoms with Crippen LogP contribution in [0.15, 0.2) is 47.5 Å². The Morgan fingerprint density at radius 2 is 1.69 bits per heavy atom. The lowest BCUT2D eigenvalue weighted by Gasteiger charge is -2.41. The number of nitrogens with one attached hydrogen (secondary N) is 1. The Kier molecular flexibility index (Phi) is 6.47. The van der Waals surface area contributed by atoms with Crippen LogP contribution in [0.25, 0.3) is 0 Å². The number of benzene rings is 1. The lowest BCUT2D eigenvalue weighted by molar-refractivity contribution is -0.138. The Hall–Kier alpha value is -2.86. The number of nitrogens with two attached hydrogens (primary N) is 1. The molecule has 1 aromatic carbocycles. The first-order valence-electron chi connectivity index (χ1n) is 11.2. The highest BCUT2D eigenvalue weighted by atomic mass is 32.2. The molecule has 3 atom stereocenters. The average molecular weight is 513 g/mol. The molecule has 8 nitrogen and oxygen atoms in total. The van der Waals surface area contributed by atoms with Gasteiger partial charge in [0.05, 0.1) is 10.5 Å². The molecule has 190 valence electrons. The molecule has 2 aliphatic rings. The van der Waals surface area contributed by atoms with Gasteiger partial charge >= 0.3 is 6.18 Å². The number of primary sulfonamides is 1. The number of sulfonamides is 1. The summed E-state index contributed by atoms with van der Waals surface area (Å²) in [5.74, 6) is -0.453. The summed E-state index contributed by atoms with van der Waals surface area (Å²) in [5, 5.41) is 8.21. The molecule has 2 saturated heterocycles. The number of alkyl halides is 3. The Labute approximate surface area is 201 Å². The molecule has 35 heavy (non-hydrogen) atoms. The number of carbonyl (C=O) groups excluding carboxylic acids is 1. The van der Waals surface area contributed by atoms with Gasteiger partial charge < -0.3 is 15.0 Å². The molecule has 4 rings (SSSR count). The maximum absolute atomic E-state index is 13.0. The van der Waals surface area contributed by atoms with Crippen molar-refractivity contribution in [1.82, 2.24) is 10.3 Å². The maximum Gasteiger partial charge on any atom is 0.417 e. The fraction of sp³-hybridized carbons (Fsp3) is 0.478. The SMILES string of the molecule is CC(C)(Oc1ccc(C(F)(F)F)cn1)C(=O)NC1C[C@H]2CC[C@@H](C1)N2c1ccc(S(N)(=O)=O)cc1. The molecule has 1 unspecified atom stereocenters. The van der Waals surface area contributed by atoms with Crippen LogP contribution in [-0.2, 0) is 21.0 Å². The molecule has 0 aliphatic carbocycles. The minimum Gasteiger partial charge on any atom is -0.462 e. The summed E-state index contributed by atoms with van der Waals surface area (Å²) in [4.78, 5) is 19.0. The van der Waals surface area contributed by atoms with E-state index in [0.29, 0.717) is 19.0 Å². The zero-order valence-electron chi connectivity index (χ0n) is 19.2. The molecule has 3 heterocycles. The number of fused-ring (bicyclic) bond motifs is 2. The van der Waals surface area contributed by atoms with Crippen LogP contribution in [0.5, 0.6) is 5.88 Å². The quantitative estimate of drug-likeness (QED) is 0.614. The van der Waals surface area contributed by atoms with E-state index in [1.54, 1.807) is 26.0 Å². The molecule has 2 fully saturated rings. The van der Waals surface area contributed by atoms with Crippen molar-refractivity contribution in [2.75, 3.05) is 4.90 Å². The summed E-state index contributed by atoms with van der Waals surface area (Å²) >= 11 is 0. The minimum atomic E-state index is -4.50. The highest BCUT2D eigenvalue weighted by molar-refractivity contribution is 7.89. The molecular weight excluding hydrogens is 485 g/mol. The van der Waals surface area contributed by atoms with Gasteiger partial charge in [0, 0.05) is 36.1 Å². The molecular formula is C23H27F3N4O4S. The van der Waals surface area contributed by atoms with E-state index in [0.717, 1.165) is 30.7 Å². The molecule has 2 bridgehead atoms. The zero-order chi connectivity index (χ0) is 25.6. The van der Waals surface area contributed by atoms with Gasteiger partial charge in [-0.1, -0.05) is 0 Å². The van der Waals surface area contributed by atoms with Crippen molar-refractivity contribution in [3.8, 4) is 5.88 Å². The second-order valence-corrected chi connectivity index (χ2v) is 11.0. The minimum absolute atomic E-state index is 0.0560. The van der Waals surface area contributed by atoms with Gasteiger partial charge in [-0.3, -0.25) is 4.79 Å². The lowest BCUT2D eigenvalue weighted by atomic mass is 9.95. The number of halogens is 3. The summed E-state index contributed by atoms with van der Waals surface area (Å²) in [6, 6.07) is 8.70. The average Bonchev–Trinajstić information content (AvgIpc) is 3.03. The summed E-state index contributed by atoms with van der Waals surface area (Å²) in [5.41, 5.74) is -1.33. The third-order valence-electron chi connectivity index (χ3n) is 6.50. The van der Waals surface area contributed by atoms with E-state index in [1.807, 2.05) is 0 Å². The predicted molar refractivity (Wildman–Crippen MR) is 122 cm³/mol. The van der Waals surface area contributed by atoms with E-state index in [1.165, 1.54) is 12.1 Å². The summed E-state index contributed by atoms with van der Waals surface area (Å²) in [6.07, 6.45) is -0.530. The number of pyridine rings is 1. The number of piperidine rings is 1. The number of ether oxygens (including phenoxy) is 1. The molecule has 2 aromatic rings. The largest absolute Gasteiger partial charge is 0.462 e. The van der Waals surface area contributed by atoms with Gasteiger partial charge in [0.2, 0.25) is 15.9 Å². The lowest BCUT2D eigenvalue weighted by Crippen LogP contribution is -2.55. The van der Waals surface area contributed by atoms with Gasteiger partial charge in [-0.25, -0.2) is 18.5 Å². The molecule has 1 aromatic heterocycles. The Bertz CT molecular complexity index is 1170. The van der Waals surface area contributed by atoms with Crippen LogP contribution in [0.3, 0.4) is 0 Å². The van der Waals surface area contributed by atoms with Crippen LogP contribution in [0, 0.1) is 0 Å². The second kappa shape index (κ2) is 8.98. The number of rotatable bonds is 6. The number of aromatic nitrogens is 1. The number of hydrogen-bond acceptors (Lipinski definition) is 6. The van der Waals surface area contributed by atoms with Crippen LogP contribution in [0.1, 0.15) is 45.1 Å². The highest BCUT2D eigenvalue weighted by Crippen LogP contribution is 2.39. The Morgan fingerprint density at radius 3 is 2.17 bits per heavy atom. The van der Waals surface area contributed by atoms with E-state index >= 15 is 0 Å². The van der Waals surface area contributed by atoms with Gasteiger partial charge in [-0.05, 0) is 69.9 Å². The molecule has 2 aliphatic heterocycles. The monoisotopic (exact) mass is 512 g/mol. The van der Waals surface area contributed by atoms with Crippen LogP contribution in [0.2, 0.25) is 0 Å². The van der Waals surface area contributed by atoms with Crippen LogP contribution < -0.4 is 20.1 Å². The van der Waals surface area contributed by atoms with Gasteiger partial charge in [-0.15, -0.1) is 0 Å². The fourth-order valence-corrected chi connectivity index (χ4v) is 5.32. The smallest absolute Gasteiger partial charge is 0.417 e. The summed E-state index contributed by atoms with van der Waals surface area (Å²) in [7, 11) is -3.76. The van der Waals surface area contributed by atoms with Crippen molar-refractivity contribution in [2.24, 2.45) is 5.14 Å². The molecule has 12 heteroatoms. The number of carbonyl (C=O) groups is 1. The van der Waals surface area contributed by atoms with E-state index in [4.69, 9.17) is 9.88 Å². The van der Waals surface area contributed by atoms with E-state index in [9.17, 15) is 26.4 Å². The molecule has 0 spiro atoms. The highest BCUT2D eigenvalue weighted by Gasteiger charge is 2.43. The maximum atomic E-state index is 13.0. The molecule has 0 saturated carbocycles. The first-order chi connectivity index (χ1) is 16.2. The van der Waals surface area contributed by atoms with Gasteiger partial charge in [0.15, 0.2) is 5.60 Å². The normalized spacial score (nSPS) is 22.7. The first-order valence-corrected chi connectivity index (χ1v) is 12.7. The third kappa shape index (κ3) is 5.53. The van der Waals surface area contributed by atoms with Gasteiger partial charge in [-0.2, -0.15) is 13.2 Å². The van der Waals surface area contributed by atoms with E-state index in [-0.39, 0.29) is 34.8 Å². The summed E-state index contributed by atoms with van der Waals surface area (Å²) < 4.78 is 66.9. The van der Waals surface area contributed by atoms with Crippen LogP contribution >= 0.6 is 0 Å². The summed E-state index contributed by atoms with van der Waals surface area (Å²) in [6.45, 7) is 3.08.